The van der Waals surface area contributed by atoms with E-state index in [2.05, 4.69) is 0 Å². The standard InChI is InChI=1S/C19H19F2NO2/c1-19(2)9-8-12-10-11(13-4-3-5-15(20)16(13)21)6-7-14(12)17(19)24-18(22)23/h3-7,10,17H,8-9H2,1-2H3,(H2,22,23). The van der Waals surface area contributed by atoms with E-state index in [4.69, 9.17) is 10.5 Å². The molecule has 0 aliphatic heterocycles. The first kappa shape index (κ1) is 16.4. The van der Waals surface area contributed by atoms with Gasteiger partial charge in [-0.2, -0.15) is 0 Å². The Balaban J connectivity index is 2.06. The minimum absolute atomic E-state index is 0.218. The van der Waals surface area contributed by atoms with Gasteiger partial charge in [-0.05, 0) is 35.6 Å². The molecule has 24 heavy (non-hydrogen) atoms. The van der Waals surface area contributed by atoms with Crippen molar-refractivity contribution in [1.29, 1.82) is 0 Å². The average molecular weight is 331 g/mol. The summed E-state index contributed by atoms with van der Waals surface area (Å²) in [7, 11) is 0. The van der Waals surface area contributed by atoms with Gasteiger partial charge in [-0.3, -0.25) is 0 Å². The fourth-order valence-electron chi connectivity index (χ4n) is 3.32. The van der Waals surface area contributed by atoms with E-state index in [1.165, 1.54) is 6.07 Å². The van der Waals surface area contributed by atoms with Gasteiger partial charge in [0, 0.05) is 11.0 Å². The molecule has 2 N–H and O–H groups in total. The molecule has 0 aromatic heterocycles. The minimum atomic E-state index is -0.874. The van der Waals surface area contributed by atoms with E-state index in [1.807, 2.05) is 26.0 Å². The van der Waals surface area contributed by atoms with E-state index in [1.54, 1.807) is 12.1 Å². The van der Waals surface area contributed by atoms with E-state index >= 15 is 0 Å². The quantitative estimate of drug-likeness (QED) is 0.864. The minimum Gasteiger partial charge on any atom is -0.441 e. The van der Waals surface area contributed by atoms with Crippen LogP contribution in [0.25, 0.3) is 11.1 Å². The summed E-state index contributed by atoms with van der Waals surface area (Å²) in [4.78, 5) is 11.2. The highest BCUT2D eigenvalue weighted by Crippen LogP contribution is 2.46. The summed E-state index contributed by atoms with van der Waals surface area (Å²) in [5.74, 6) is -1.74. The van der Waals surface area contributed by atoms with Crippen LogP contribution in [0.3, 0.4) is 0 Å². The predicted molar refractivity (Wildman–Crippen MR) is 87.3 cm³/mol. The molecule has 0 fully saturated rings. The second-order valence-corrected chi connectivity index (χ2v) is 6.82. The van der Waals surface area contributed by atoms with Crippen molar-refractivity contribution in [3.05, 3.63) is 59.2 Å². The van der Waals surface area contributed by atoms with Crippen molar-refractivity contribution in [3.63, 3.8) is 0 Å². The normalized spacial score (nSPS) is 18.8. The summed E-state index contributed by atoms with van der Waals surface area (Å²) in [5.41, 5.74) is 7.61. The van der Waals surface area contributed by atoms with Crippen LogP contribution in [0.2, 0.25) is 0 Å². The first-order valence-electron chi connectivity index (χ1n) is 7.83. The molecule has 0 bridgehead atoms. The third kappa shape index (κ3) is 2.86. The van der Waals surface area contributed by atoms with Gasteiger partial charge in [0.1, 0.15) is 6.10 Å². The number of halogens is 2. The summed E-state index contributed by atoms with van der Waals surface area (Å²) in [6.45, 7) is 4.04. The molecule has 1 amide bonds. The van der Waals surface area contributed by atoms with Gasteiger partial charge in [0.15, 0.2) is 11.6 Å². The van der Waals surface area contributed by atoms with E-state index in [-0.39, 0.29) is 11.0 Å². The molecular weight excluding hydrogens is 312 g/mol. The number of rotatable bonds is 2. The molecule has 0 radical (unpaired) electrons. The Labute approximate surface area is 139 Å². The molecule has 1 aliphatic carbocycles. The second kappa shape index (κ2) is 5.89. The summed E-state index contributed by atoms with van der Waals surface area (Å²) in [5, 5.41) is 0. The van der Waals surface area contributed by atoms with Gasteiger partial charge in [0.2, 0.25) is 0 Å². The molecule has 2 aromatic carbocycles. The zero-order valence-corrected chi connectivity index (χ0v) is 13.6. The molecular formula is C19H19F2NO2. The van der Waals surface area contributed by atoms with Crippen LogP contribution in [0.1, 0.15) is 37.5 Å². The van der Waals surface area contributed by atoms with Crippen LogP contribution in [0.5, 0.6) is 0 Å². The van der Waals surface area contributed by atoms with Crippen molar-refractivity contribution in [2.75, 3.05) is 0 Å². The fraction of sp³-hybridized carbons (Fsp3) is 0.316. The van der Waals surface area contributed by atoms with Crippen molar-refractivity contribution in [2.45, 2.75) is 32.8 Å². The highest BCUT2D eigenvalue weighted by Gasteiger charge is 2.38. The SMILES string of the molecule is CC1(C)CCc2cc(-c3cccc(F)c3F)ccc2C1OC(N)=O. The molecule has 2 aromatic rings. The maximum Gasteiger partial charge on any atom is 0.405 e. The number of hydrogen-bond acceptors (Lipinski definition) is 2. The molecule has 0 saturated carbocycles. The zero-order chi connectivity index (χ0) is 17.5. The number of primary amides is 1. The molecule has 3 nitrogen and oxygen atoms in total. The number of benzene rings is 2. The zero-order valence-electron chi connectivity index (χ0n) is 13.6. The van der Waals surface area contributed by atoms with Crippen molar-refractivity contribution in [1.82, 2.24) is 0 Å². The molecule has 5 heteroatoms. The van der Waals surface area contributed by atoms with E-state index < -0.39 is 23.8 Å². The fourth-order valence-corrected chi connectivity index (χ4v) is 3.32. The summed E-state index contributed by atoms with van der Waals surface area (Å²) in [6.07, 6.45) is 0.296. The van der Waals surface area contributed by atoms with Gasteiger partial charge in [-0.15, -0.1) is 0 Å². The van der Waals surface area contributed by atoms with E-state index in [9.17, 15) is 13.6 Å². The van der Waals surface area contributed by atoms with Crippen LogP contribution in [0, 0.1) is 17.0 Å². The predicted octanol–water partition coefficient (Wildman–Crippen LogP) is 4.74. The monoisotopic (exact) mass is 331 g/mol. The molecule has 0 saturated heterocycles. The summed E-state index contributed by atoms with van der Waals surface area (Å²) < 4.78 is 32.8. The third-order valence-electron chi connectivity index (χ3n) is 4.67. The number of amides is 1. The summed E-state index contributed by atoms with van der Waals surface area (Å²) in [6, 6.07) is 9.48. The molecule has 1 unspecified atom stereocenters. The van der Waals surface area contributed by atoms with Gasteiger partial charge < -0.3 is 10.5 Å². The number of carbonyl (C=O) groups excluding carboxylic acids is 1. The number of aryl methyl sites for hydroxylation is 1. The summed E-state index contributed by atoms with van der Waals surface area (Å²) >= 11 is 0. The second-order valence-electron chi connectivity index (χ2n) is 6.82. The molecule has 126 valence electrons. The van der Waals surface area contributed by atoms with Crippen LogP contribution in [0.4, 0.5) is 13.6 Å². The Kier molecular flexibility index (Phi) is 4.03. The number of ether oxygens (including phenoxy) is 1. The van der Waals surface area contributed by atoms with Crippen molar-refractivity contribution in [2.24, 2.45) is 11.1 Å². The lowest BCUT2D eigenvalue weighted by Crippen LogP contribution is -2.33. The maximum atomic E-state index is 14.0. The maximum absolute atomic E-state index is 14.0. The van der Waals surface area contributed by atoms with Gasteiger partial charge in [0.05, 0.1) is 0 Å². The van der Waals surface area contributed by atoms with Crippen LogP contribution in [0.15, 0.2) is 36.4 Å². The third-order valence-corrected chi connectivity index (χ3v) is 4.67. The smallest absolute Gasteiger partial charge is 0.405 e. The average Bonchev–Trinajstić information content (AvgIpc) is 2.52. The number of hydrogen-bond donors (Lipinski definition) is 1. The van der Waals surface area contributed by atoms with Crippen LogP contribution in [-0.2, 0) is 11.2 Å². The number of carbonyl (C=O) groups is 1. The van der Waals surface area contributed by atoms with Gasteiger partial charge in [-0.1, -0.05) is 44.2 Å². The van der Waals surface area contributed by atoms with Gasteiger partial charge >= 0.3 is 6.09 Å². The van der Waals surface area contributed by atoms with Gasteiger partial charge in [0.25, 0.3) is 0 Å². The lowest BCUT2D eigenvalue weighted by molar-refractivity contribution is 0.0147. The molecule has 0 heterocycles. The van der Waals surface area contributed by atoms with Gasteiger partial charge in [-0.25, -0.2) is 13.6 Å². The molecule has 3 rings (SSSR count). The topological polar surface area (TPSA) is 52.3 Å². The lowest BCUT2D eigenvalue weighted by atomic mass is 9.71. The van der Waals surface area contributed by atoms with Crippen molar-refractivity contribution < 1.29 is 18.3 Å². The Bertz CT molecular complexity index is 802. The highest BCUT2D eigenvalue weighted by molar-refractivity contribution is 5.67. The first-order chi connectivity index (χ1) is 11.3. The number of nitrogens with two attached hydrogens (primary N) is 1. The van der Waals surface area contributed by atoms with Crippen molar-refractivity contribution in [3.8, 4) is 11.1 Å². The van der Waals surface area contributed by atoms with E-state index in [0.29, 0.717) is 5.56 Å². The van der Waals surface area contributed by atoms with Crippen LogP contribution >= 0.6 is 0 Å². The van der Waals surface area contributed by atoms with Crippen LogP contribution in [-0.4, -0.2) is 6.09 Å². The largest absolute Gasteiger partial charge is 0.441 e. The Morgan fingerprint density at radius 3 is 2.71 bits per heavy atom. The van der Waals surface area contributed by atoms with E-state index in [0.717, 1.165) is 30.0 Å². The Hall–Kier alpha value is -2.43. The molecule has 1 aliphatic rings. The molecule has 1 atom stereocenters. The number of fused-ring (bicyclic) bond motifs is 1. The lowest BCUT2D eigenvalue weighted by Gasteiger charge is -2.39. The molecule has 0 spiro atoms. The highest BCUT2D eigenvalue weighted by atomic mass is 19.2. The first-order valence-corrected chi connectivity index (χ1v) is 7.83. The Morgan fingerprint density at radius 1 is 1.25 bits per heavy atom. The Morgan fingerprint density at radius 2 is 2.00 bits per heavy atom. The van der Waals surface area contributed by atoms with Crippen LogP contribution < -0.4 is 5.73 Å². The van der Waals surface area contributed by atoms with Crippen molar-refractivity contribution >= 4 is 6.09 Å².